The van der Waals surface area contributed by atoms with Crippen LogP contribution in [-0.4, -0.2) is 39.2 Å². The molecule has 0 unspecified atom stereocenters. The highest BCUT2D eigenvalue weighted by Crippen LogP contribution is 2.28. The average Bonchev–Trinajstić information content (AvgIpc) is 2.74. The number of guanidine groups is 1. The number of aliphatic imine (C=N–C) groups is 1. The summed E-state index contributed by atoms with van der Waals surface area (Å²) in [4.78, 5) is 15.8. The van der Waals surface area contributed by atoms with Crippen molar-refractivity contribution in [2.45, 2.75) is 20.0 Å². The highest BCUT2D eigenvalue weighted by molar-refractivity contribution is 14.0. The summed E-state index contributed by atoms with van der Waals surface area (Å²) in [6.45, 7) is 3.55. The van der Waals surface area contributed by atoms with Gasteiger partial charge in [0.15, 0.2) is 24.1 Å². The van der Waals surface area contributed by atoms with Gasteiger partial charge in [-0.3, -0.25) is 9.79 Å². The summed E-state index contributed by atoms with van der Waals surface area (Å²) < 4.78 is 10.9. The van der Waals surface area contributed by atoms with E-state index in [4.69, 9.17) is 21.1 Å². The van der Waals surface area contributed by atoms with Crippen molar-refractivity contribution in [3.8, 4) is 11.5 Å². The van der Waals surface area contributed by atoms with Crippen molar-refractivity contribution >= 4 is 47.4 Å². The van der Waals surface area contributed by atoms with Gasteiger partial charge in [0.25, 0.3) is 5.91 Å². The molecule has 0 heterocycles. The SMILES string of the molecule is CCNC(=O)COc1ccc(CNC(=NC)NCc2ccc(Cl)cc2)cc1OC.I. The molecule has 0 saturated carbocycles. The number of nitrogens with one attached hydrogen (secondary N) is 3. The van der Waals surface area contributed by atoms with Crippen LogP contribution in [0.15, 0.2) is 47.5 Å². The van der Waals surface area contributed by atoms with Gasteiger partial charge in [0.1, 0.15) is 0 Å². The van der Waals surface area contributed by atoms with Crippen molar-refractivity contribution in [3.63, 3.8) is 0 Å². The molecule has 1 amide bonds. The summed E-state index contributed by atoms with van der Waals surface area (Å²) in [5.41, 5.74) is 2.09. The lowest BCUT2D eigenvalue weighted by Gasteiger charge is -2.14. The van der Waals surface area contributed by atoms with E-state index in [2.05, 4.69) is 20.9 Å². The molecule has 2 aromatic rings. The molecule has 30 heavy (non-hydrogen) atoms. The Bertz CT molecular complexity index is 832. The maximum Gasteiger partial charge on any atom is 0.257 e. The molecule has 0 bridgehead atoms. The van der Waals surface area contributed by atoms with E-state index in [9.17, 15) is 4.79 Å². The molecule has 0 fully saturated rings. The summed E-state index contributed by atoms with van der Waals surface area (Å²) in [6, 6.07) is 13.2. The topological polar surface area (TPSA) is 84.0 Å². The van der Waals surface area contributed by atoms with Gasteiger partial charge in [-0.1, -0.05) is 29.8 Å². The third-order valence-electron chi connectivity index (χ3n) is 4.02. The average molecular weight is 547 g/mol. The molecular weight excluding hydrogens is 519 g/mol. The number of methoxy groups -OCH3 is 1. The Labute approximate surface area is 199 Å². The standard InChI is InChI=1S/C21H27ClN4O3.HI/c1-4-24-20(27)14-29-18-10-7-16(11-19(18)28-3)13-26-21(23-2)25-12-15-5-8-17(22)9-6-15;/h5-11H,4,12-14H2,1-3H3,(H,24,27)(H2,23,25,26);1H. The Balaban J connectivity index is 0.00000450. The molecule has 7 nitrogen and oxygen atoms in total. The van der Waals surface area contributed by atoms with Gasteiger partial charge in [-0.2, -0.15) is 0 Å². The maximum atomic E-state index is 11.6. The number of halogens is 2. The molecule has 0 radical (unpaired) electrons. The number of rotatable bonds is 9. The van der Waals surface area contributed by atoms with E-state index in [-0.39, 0.29) is 36.5 Å². The van der Waals surface area contributed by atoms with E-state index in [1.54, 1.807) is 20.2 Å². The highest BCUT2D eigenvalue weighted by Gasteiger charge is 2.09. The molecule has 0 aliphatic heterocycles. The van der Waals surface area contributed by atoms with Crippen molar-refractivity contribution < 1.29 is 14.3 Å². The van der Waals surface area contributed by atoms with Gasteiger partial charge in [0, 0.05) is 31.7 Å². The Kier molecular flexibility index (Phi) is 12.0. The van der Waals surface area contributed by atoms with Crippen LogP contribution in [0.4, 0.5) is 0 Å². The molecule has 9 heteroatoms. The van der Waals surface area contributed by atoms with Gasteiger partial charge in [0.05, 0.1) is 7.11 Å². The van der Waals surface area contributed by atoms with E-state index >= 15 is 0 Å². The van der Waals surface area contributed by atoms with Gasteiger partial charge >= 0.3 is 0 Å². The fraction of sp³-hybridized carbons (Fsp3) is 0.333. The molecule has 0 atom stereocenters. The van der Waals surface area contributed by atoms with Crippen LogP contribution in [0.2, 0.25) is 5.02 Å². The first kappa shape index (κ1) is 25.8. The van der Waals surface area contributed by atoms with Crippen LogP contribution in [-0.2, 0) is 17.9 Å². The number of hydrogen-bond acceptors (Lipinski definition) is 4. The molecule has 2 aromatic carbocycles. The van der Waals surface area contributed by atoms with Crippen molar-refractivity contribution in [1.29, 1.82) is 0 Å². The number of benzene rings is 2. The van der Waals surface area contributed by atoms with Gasteiger partial charge in [-0.25, -0.2) is 0 Å². The molecule has 2 rings (SSSR count). The number of ether oxygens (including phenoxy) is 2. The lowest BCUT2D eigenvalue weighted by molar-refractivity contribution is -0.123. The van der Waals surface area contributed by atoms with E-state index in [0.29, 0.717) is 42.1 Å². The van der Waals surface area contributed by atoms with Gasteiger partial charge < -0.3 is 25.4 Å². The van der Waals surface area contributed by atoms with Crippen LogP contribution < -0.4 is 25.4 Å². The van der Waals surface area contributed by atoms with Crippen molar-refractivity contribution in [2.24, 2.45) is 4.99 Å². The summed E-state index contributed by atoms with van der Waals surface area (Å²) in [6.07, 6.45) is 0. The molecule has 164 valence electrons. The largest absolute Gasteiger partial charge is 0.493 e. The lowest BCUT2D eigenvalue weighted by atomic mass is 10.2. The van der Waals surface area contributed by atoms with E-state index < -0.39 is 0 Å². The monoisotopic (exact) mass is 546 g/mol. The quantitative estimate of drug-likeness (QED) is 0.255. The molecule has 0 saturated heterocycles. The third kappa shape index (κ3) is 8.66. The Morgan fingerprint density at radius 1 is 1.00 bits per heavy atom. The lowest BCUT2D eigenvalue weighted by Crippen LogP contribution is -2.36. The molecule has 0 aromatic heterocycles. The Morgan fingerprint density at radius 3 is 2.23 bits per heavy atom. The van der Waals surface area contributed by atoms with Crippen LogP contribution in [0.3, 0.4) is 0 Å². The van der Waals surface area contributed by atoms with Crippen molar-refractivity contribution in [2.75, 3.05) is 27.3 Å². The number of hydrogen-bond donors (Lipinski definition) is 3. The molecule has 0 spiro atoms. The number of nitrogens with zero attached hydrogens (tertiary/aromatic N) is 1. The van der Waals surface area contributed by atoms with Crippen molar-refractivity contribution in [1.82, 2.24) is 16.0 Å². The smallest absolute Gasteiger partial charge is 0.257 e. The second-order valence-corrected chi connectivity index (χ2v) is 6.57. The van der Waals surface area contributed by atoms with Crippen LogP contribution >= 0.6 is 35.6 Å². The normalized spacial score (nSPS) is 10.6. The zero-order valence-corrected chi connectivity index (χ0v) is 20.4. The van der Waals surface area contributed by atoms with E-state index in [0.717, 1.165) is 11.1 Å². The second-order valence-electron chi connectivity index (χ2n) is 6.13. The van der Waals surface area contributed by atoms with E-state index in [1.165, 1.54) is 0 Å². The molecule has 0 aliphatic carbocycles. The van der Waals surface area contributed by atoms with Gasteiger partial charge in [0.2, 0.25) is 0 Å². The van der Waals surface area contributed by atoms with Crippen molar-refractivity contribution in [3.05, 3.63) is 58.6 Å². The van der Waals surface area contributed by atoms with E-state index in [1.807, 2.05) is 43.3 Å². The second kappa shape index (κ2) is 13.9. The Morgan fingerprint density at radius 2 is 1.63 bits per heavy atom. The first-order chi connectivity index (χ1) is 14.0. The first-order valence-electron chi connectivity index (χ1n) is 9.31. The fourth-order valence-corrected chi connectivity index (χ4v) is 2.65. The number of amides is 1. The third-order valence-corrected chi connectivity index (χ3v) is 4.27. The maximum absolute atomic E-state index is 11.6. The first-order valence-corrected chi connectivity index (χ1v) is 9.68. The number of likely N-dealkylation sites (N-methyl/N-ethyl adjacent to an activating group) is 1. The van der Waals surface area contributed by atoms with Crippen LogP contribution in [0, 0.1) is 0 Å². The minimum Gasteiger partial charge on any atom is -0.493 e. The van der Waals surface area contributed by atoms with Crippen LogP contribution in [0.5, 0.6) is 11.5 Å². The summed E-state index contributed by atoms with van der Waals surface area (Å²) in [7, 11) is 3.29. The minimum atomic E-state index is -0.171. The Hall–Kier alpha value is -2.20. The summed E-state index contributed by atoms with van der Waals surface area (Å²) >= 11 is 5.91. The highest BCUT2D eigenvalue weighted by atomic mass is 127. The molecular formula is C21H28ClIN4O3. The minimum absolute atomic E-state index is 0. The number of carbonyl (C=O) groups is 1. The van der Waals surface area contributed by atoms with Crippen LogP contribution in [0.1, 0.15) is 18.1 Å². The zero-order chi connectivity index (χ0) is 21.1. The van der Waals surface area contributed by atoms with Gasteiger partial charge in [-0.15, -0.1) is 24.0 Å². The summed E-state index contributed by atoms with van der Waals surface area (Å²) in [5, 5.41) is 9.91. The summed E-state index contributed by atoms with van der Waals surface area (Å²) in [5.74, 6) is 1.59. The zero-order valence-electron chi connectivity index (χ0n) is 17.3. The predicted molar refractivity (Wildman–Crippen MR) is 131 cm³/mol. The van der Waals surface area contributed by atoms with Crippen LogP contribution in [0.25, 0.3) is 0 Å². The number of carbonyl (C=O) groups excluding carboxylic acids is 1. The predicted octanol–water partition coefficient (Wildman–Crippen LogP) is 3.35. The van der Waals surface area contributed by atoms with Gasteiger partial charge in [-0.05, 0) is 42.3 Å². The fourth-order valence-electron chi connectivity index (χ4n) is 2.53. The molecule has 3 N–H and O–H groups in total. The molecule has 0 aliphatic rings.